The summed E-state index contributed by atoms with van der Waals surface area (Å²) >= 11 is 0. The van der Waals surface area contributed by atoms with Crippen LogP contribution in [0.25, 0.3) is 16.3 Å². The van der Waals surface area contributed by atoms with Crippen LogP contribution in [0.3, 0.4) is 0 Å². The fourth-order valence-electron chi connectivity index (χ4n) is 3.27. The molecule has 3 aromatic rings. The van der Waals surface area contributed by atoms with Crippen LogP contribution in [0.2, 0.25) is 0 Å². The highest BCUT2D eigenvalue weighted by atomic mass is 16.5. The molecular weight excluding hydrogens is 392 g/mol. The van der Waals surface area contributed by atoms with Gasteiger partial charge in [-0.15, -0.1) is 0 Å². The second-order valence-corrected chi connectivity index (χ2v) is 7.06. The van der Waals surface area contributed by atoms with Crippen LogP contribution in [0.1, 0.15) is 39.1 Å². The Hall–Kier alpha value is -3.44. The Balaban J connectivity index is 1.46. The molecule has 0 saturated carbocycles. The molecule has 0 bridgehead atoms. The van der Waals surface area contributed by atoms with Gasteiger partial charge in [0.15, 0.2) is 0 Å². The first-order chi connectivity index (χ1) is 15.1. The third-order valence-corrected chi connectivity index (χ3v) is 4.92. The van der Waals surface area contributed by atoms with E-state index in [2.05, 4.69) is 6.58 Å². The first kappa shape index (κ1) is 22.2. The number of fused-ring (bicyclic) bond motifs is 1. The maximum atomic E-state index is 12.6. The SMILES string of the molecule is C=C(COCCCCOC(=O)c1ccc(C(=O)OC)c2ccccc12)c1ccccc1. The largest absolute Gasteiger partial charge is 0.465 e. The standard InChI is InChI=1S/C26H26O5/c1-19(20-10-4-3-5-11-20)18-30-16-8-9-17-31-26(28)24-15-14-23(25(27)29-2)21-12-6-7-13-22(21)24/h3-7,10-15H,1,8-9,16-18H2,2H3. The van der Waals surface area contributed by atoms with Gasteiger partial charge in [0.05, 0.1) is 31.5 Å². The van der Waals surface area contributed by atoms with Gasteiger partial charge in [0.2, 0.25) is 0 Å². The van der Waals surface area contributed by atoms with E-state index < -0.39 is 11.9 Å². The summed E-state index contributed by atoms with van der Waals surface area (Å²) in [6, 6.07) is 20.4. The minimum absolute atomic E-state index is 0.301. The number of methoxy groups -OCH3 is 1. The van der Waals surface area contributed by atoms with Crippen molar-refractivity contribution >= 4 is 28.3 Å². The zero-order valence-corrected chi connectivity index (χ0v) is 17.6. The maximum absolute atomic E-state index is 12.6. The van der Waals surface area contributed by atoms with Crippen LogP contribution in [0.15, 0.2) is 73.3 Å². The van der Waals surface area contributed by atoms with E-state index in [0.717, 1.165) is 17.6 Å². The van der Waals surface area contributed by atoms with Crippen LogP contribution >= 0.6 is 0 Å². The zero-order valence-electron chi connectivity index (χ0n) is 17.6. The van der Waals surface area contributed by atoms with E-state index in [0.29, 0.717) is 48.1 Å². The molecule has 0 unspecified atom stereocenters. The highest BCUT2D eigenvalue weighted by Crippen LogP contribution is 2.24. The molecule has 0 aliphatic carbocycles. The van der Waals surface area contributed by atoms with Crippen molar-refractivity contribution in [3.8, 4) is 0 Å². The molecule has 3 rings (SSSR count). The van der Waals surface area contributed by atoms with Crippen LogP contribution in [0.4, 0.5) is 0 Å². The highest BCUT2D eigenvalue weighted by molar-refractivity contribution is 6.11. The Morgan fingerprint density at radius 1 is 0.774 bits per heavy atom. The Kier molecular flexibility index (Phi) is 7.96. The fraction of sp³-hybridized carbons (Fsp3) is 0.231. The number of rotatable bonds is 10. The van der Waals surface area contributed by atoms with Gasteiger partial charge in [-0.2, -0.15) is 0 Å². The van der Waals surface area contributed by atoms with Crippen molar-refractivity contribution in [1.82, 2.24) is 0 Å². The van der Waals surface area contributed by atoms with Crippen molar-refractivity contribution in [2.24, 2.45) is 0 Å². The Labute approximate surface area is 182 Å². The summed E-state index contributed by atoms with van der Waals surface area (Å²) in [5.74, 6) is -0.850. The molecule has 3 aromatic carbocycles. The molecule has 0 spiro atoms. The lowest BCUT2D eigenvalue weighted by atomic mass is 9.99. The molecule has 0 fully saturated rings. The van der Waals surface area contributed by atoms with Crippen LogP contribution in [0, 0.1) is 0 Å². The Bertz CT molecular complexity index is 1060. The van der Waals surface area contributed by atoms with Gasteiger partial charge < -0.3 is 14.2 Å². The summed E-state index contributed by atoms with van der Waals surface area (Å²) in [7, 11) is 1.33. The third kappa shape index (κ3) is 5.80. The van der Waals surface area contributed by atoms with Crippen molar-refractivity contribution in [1.29, 1.82) is 0 Å². The predicted octanol–water partition coefficient (Wildman–Crippen LogP) is 5.29. The van der Waals surface area contributed by atoms with E-state index in [-0.39, 0.29) is 0 Å². The van der Waals surface area contributed by atoms with E-state index in [1.54, 1.807) is 24.3 Å². The van der Waals surface area contributed by atoms with Gasteiger partial charge in [-0.1, -0.05) is 61.2 Å². The van der Waals surface area contributed by atoms with E-state index in [1.807, 2.05) is 42.5 Å². The van der Waals surface area contributed by atoms with Gasteiger partial charge >= 0.3 is 11.9 Å². The normalized spacial score (nSPS) is 10.6. The van der Waals surface area contributed by atoms with Crippen molar-refractivity contribution in [2.75, 3.05) is 26.9 Å². The van der Waals surface area contributed by atoms with E-state index in [1.165, 1.54) is 7.11 Å². The number of carbonyl (C=O) groups excluding carboxylic acids is 2. The monoisotopic (exact) mass is 418 g/mol. The molecule has 31 heavy (non-hydrogen) atoms. The molecular formula is C26H26O5. The summed E-state index contributed by atoms with van der Waals surface area (Å²) in [5.41, 5.74) is 2.86. The van der Waals surface area contributed by atoms with Crippen LogP contribution < -0.4 is 0 Å². The number of carbonyl (C=O) groups is 2. The summed E-state index contributed by atoms with van der Waals surface area (Å²) in [6.45, 7) is 5.38. The van der Waals surface area contributed by atoms with Gasteiger partial charge in [0.25, 0.3) is 0 Å². The summed E-state index contributed by atoms with van der Waals surface area (Å²) < 4.78 is 15.9. The van der Waals surface area contributed by atoms with E-state index in [9.17, 15) is 9.59 Å². The average Bonchev–Trinajstić information content (AvgIpc) is 2.82. The number of hydrogen-bond donors (Lipinski definition) is 0. The van der Waals surface area contributed by atoms with Gasteiger partial charge in [-0.05, 0) is 46.9 Å². The Morgan fingerprint density at radius 3 is 2.00 bits per heavy atom. The molecule has 0 aliphatic rings. The topological polar surface area (TPSA) is 61.8 Å². The number of hydrogen-bond acceptors (Lipinski definition) is 5. The van der Waals surface area contributed by atoms with Crippen LogP contribution in [-0.4, -0.2) is 38.9 Å². The lowest BCUT2D eigenvalue weighted by Crippen LogP contribution is -2.10. The van der Waals surface area contributed by atoms with Gasteiger partial charge in [0, 0.05) is 6.61 Å². The molecule has 5 nitrogen and oxygen atoms in total. The minimum Gasteiger partial charge on any atom is -0.465 e. The summed E-state index contributed by atoms with van der Waals surface area (Å²) in [6.07, 6.45) is 1.47. The van der Waals surface area contributed by atoms with Crippen molar-refractivity contribution < 1.29 is 23.8 Å². The summed E-state index contributed by atoms with van der Waals surface area (Å²) in [4.78, 5) is 24.5. The zero-order chi connectivity index (χ0) is 22.1. The summed E-state index contributed by atoms with van der Waals surface area (Å²) in [5, 5.41) is 1.33. The smallest absolute Gasteiger partial charge is 0.338 e. The van der Waals surface area contributed by atoms with E-state index in [4.69, 9.17) is 14.2 Å². The lowest BCUT2D eigenvalue weighted by molar-refractivity contribution is 0.0487. The number of benzene rings is 3. The third-order valence-electron chi connectivity index (χ3n) is 4.92. The molecule has 0 aromatic heterocycles. The number of ether oxygens (including phenoxy) is 3. The van der Waals surface area contributed by atoms with E-state index >= 15 is 0 Å². The van der Waals surface area contributed by atoms with Crippen LogP contribution in [0.5, 0.6) is 0 Å². The fourth-order valence-corrected chi connectivity index (χ4v) is 3.27. The molecule has 0 amide bonds. The van der Waals surface area contributed by atoms with Gasteiger partial charge in [-0.25, -0.2) is 9.59 Å². The number of esters is 2. The van der Waals surface area contributed by atoms with Gasteiger partial charge in [0.1, 0.15) is 0 Å². The maximum Gasteiger partial charge on any atom is 0.338 e. The first-order valence-corrected chi connectivity index (χ1v) is 10.2. The second-order valence-electron chi connectivity index (χ2n) is 7.06. The molecule has 5 heteroatoms. The molecule has 0 atom stereocenters. The predicted molar refractivity (Wildman–Crippen MR) is 121 cm³/mol. The second kappa shape index (κ2) is 11.1. The minimum atomic E-state index is -0.439. The molecule has 160 valence electrons. The molecule has 0 N–H and O–H groups in total. The molecule has 0 aliphatic heterocycles. The Morgan fingerprint density at radius 2 is 1.35 bits per heavy atom. The first-order valence-electron chi connectivity index (χ1n) is 10.2. The average molecular weight is 418 g/mol. The van der Waals surface area contributed by atoms with Crippen molar-refractivity contribution in [2.45, 2.75) is 12.8 Å². The molecule has 0 saturated heterocycles. The van der Waals surface area contributed by atoms with Gasteiger partial charge in [-0.3, -0.25) is 0 Å². The molecule has 0 heterocycles. The van der Waals surface area contributed by atoms with Crippen LogP contribution in [-0.2, 0) is 14.2 Å². The van der Waals surface area contributed by atoms with Crippen molar-refractivity contribution in [3.63, 3.8) is 0 Å². The lowest BCUT2D eigenvalue weighted by Gasteiger charge is -2.11. The van der Waals surface area contributed by atoms with Crippen molar-refractivity contribution in [3.05, 3.63) is 90.0 Å². The quantitative estimate of drug-likeness (QED) is 0.331. The number of unbranched alkanes of at least 4 members (excludes halogenated alkanes) is 1. The highest BCUT2D eigenvalue weighted by Gasteiger charge is 2.17. The molecule has 0 radical (unpaired) electrons.